The highest BCUT2D eigenvalue weighted by Gasteiger charge is 2.07. The molecule has 5 heteroatoms. The van der Waals surface area contributed by atoms with Crippen LogP contribution < -0.4 is 5.56 Å². The first kappa shape index (κ1) is 11.2. The molecule has 2 nitrogen and oxygen atoms in total. The summed E-state index contributed by atoms with van der Waals surface area (Å²) in [6, 6.07) is 7.33. The highest BCUT2D eigenvalue weighted by Crippen LogP contribution is 2.27. The second-order valence-electron chi connectivity index (χ2n) is 3.21. The molecule has 0 saturated carbocycles. The highest BCUT2D eigenvalue weighted by atomic mass is 35.5. The molecular formula is C11H6Cl2FNO. The van der Waals surface area contributed by atoms with Gasteiger partial charge in [-0.15, -0.1) is 0 Å². The van der Waals surface area contributed by atoms with Gasteiger partial charge in [-0.3, -0.25) is 9.78 Å². The lowest BCUT2D eigenvalue weighted by molar-refractivity contribution is 0.583. The lowest BCUT2D eigenvalue weighted by Crippen LogP contribution is -2.06. The predicted molar refractivity (Wildman–Crippen MR) is 62.5 cm³/mol. The Balaban J connectivity index is 2.62. The van der Waals surface area contributed by atoms with Gasteiger partial charge in [-0.25, -0.2) is 0 Å². The van der Waals surface area contributed by atoms with Crippen LogP contribution in [-0.2, 0) is 0 Å². The minimum absolute atomic E-state index is 0.254. The monoisotopic (exact) mass is 257 g/mol. The largest absolute Gasteiger partial charge is 0.298 e. The SMILES string of the molecule is O=c1ccc(-c2cc(Cl)cc(Cl)c2)c(F)[nH]1. The Labute approximate surface area is 101 Å². The molecule has 0 radical (unpaired) electrons. The molecule has 1 N–H and O–H groups in total. The second-order valence-corrected chi connectivity index (χ2v) is 4.08. The van der Waals surface area contributed by atoms with Crippen LogP contribution in [0.3, 0.4) is 0 Å². The van der Waals surface area contributed by atoms with E-state index in [0.29, 0.717) is 15.6 Å². The molecule has 0 saturated heterocycles. The standard InChI is InChI=1S/C11H6Cl2FNO/c12-7-3-6(4-8(13)5-7)9-1-2-10(16)15-11(9)14/h1-5H,(H,15,16). The van der Waals surface area contributed by atoms with E-state index in [1.165, 1.54) is 12.1 Å². The lowest BCUT2D eigenvalue weighted by atomic mass is 10.1. The maximum atomic E-state index is 13.5. The van der Waals surface area contributed by atoms with Crippen molar-refractivity contribution >= 4 is 23.2 Å². The van der Waals surface area contributed by atoms with Gasteiger partial charge >= 0.3 is 0 Å². The number of H-pyrrole nitrogens is 1. The van der Waals surface area contributed by atoms with Crippen LogP contribution in [0.5, 0.6) is 0 Å². The molecule has 0 unspecified atom stereocenters. The first-order chi connectivity index (χ1) is 7.56. The first-order valence-electron chi connectivity index (χ1n) is 4.41. The van der Waals surface area contributed by atoms with Gasteiger partial charge < -0.3 is 0 Å². The molecule has 0 aliphatic rings. The molecule has 0 fully saturated rings. The number of nitrogens with one attached hydrogen (secondary N) is 1. The Morgan fingerprint density at radius 1 is 1.06 bits per heavy atom. The van der Waals surface area contributed by atoms with Crippen molar-refractivity contribution in [1.82, 2.24) is 4.98 Å². The normalized spacial score (nSPS) is 10.4. The minimum Gasteiger partial charge on any atom is -0.298 e. The fourth-order valence-electron chi connectivity index (χ4n) is 1.38. The maximum absolute atomic E-state index is 13.5. The zero-order valence-corrected chi connectivity index (χ0v) is 9.44. The van der Waals surface area contributed by atoms with E-state index in [2.05, 4.69) is 4.98 Å². The summed E-state index contributed by atoms with van der Waals surface area (Å²) in [6.07, 6.45) is 0. The van der Waals surface area contributed by atoms with Gasteiger partial charge in [0.05, 0.1) is 0 Å². The zero-order chi connectivity index (χ0) is 11.7. The van der Waals surface area contributed by atoms with Crippen LogP contribution in [0.1, 0.15) is 0 Å². The van der Waals surface area contributed by atoms with Crippen LogP contribution in [-0.4, -0.2) is 4.98 Å². The van der Waals surface area contributed by atoms with E-state index < -0.39 is 11.5 Å². The van der Waals surface area contributed by atoms with Crippen LogP contribution in [0.25, 0.3) is 11.1 Å². The van der Waals surface area contributed by atoms with E-state index in [1.54, 1.807) is 18.2 Å². The van der Waals surface area contributed by atoms with E-state index in [9.17, 15) is 9.18 Å². The molecule has 1 aromatic carbocycles. The predicted octanol–water partition coefficient (Wildman–Crippen LogP) is 3.49. The third kappa shape index (κ3) is 2.26. The quantitative estimate of drug-likeness (QED) is 0.780. The molecule has 1 aromatic heterocycles. The van der Waals surface area contributed by atoms with E-state index in [1.807, 2.05) is 0 Å². The molecule has 2 rings (SSSR count). The van der Waals surface area contributed by atoms with Gasteiger partial charge in [0.1, 0.15) is 0 Å². The number of rotatable bonds is 1. The van der Waals surface area contributed by atoms with Gasteiger partial charge in [0.25, 0.3) is 0 Å². The van der Waals surface area contributed by atoms with Crippen LogP contribution in [0.4, 0.5) is 4.39 Å². The lowest BCUT2D eigenvalue weighted by Gasteiger charge is -2.04. The smallest absolute Gasteiger partial charge is 0.250 e. The Bertz CT molecular complexity index is 575. The van der Waals surface area contributed by atoms with E-state index >= 15 is 0 Å². The van der Waals surface area contributed by atoms with Gasteiger partial charge in [0.15, 0.2) is 0 Å². The summed E-state index contributed by atoms with van der Waals surface area (Å²) in [6.45, 7) is 0. The molecule has 16 heavy (non-hydrogen) atoms. The molecule has 0 aliphatic heterocycles. The zero-order valence-electron chi connectivity index (χ0n) is 7.93. The molecule has 82 valence electrons. The maximum Gasteiger partial charge on any atom is 0.250 e. The van der Waals surface area contributed by atoms with Crippen molar-refractivity contribution in [3.05, 3.63) is 56.7 Å². The van der Waals surface area contributed by atoms with Crippen molar-refractivity contribution < 1.29 is 4.39 Å². The highest BCUT2D eigenvalue weighted by molar-refractivity contribution is 6.35. The van der Waals surface area contributed by atoms with Gasteiger partial charge in [-0.2, -0.15) is 4.39 Å². The van der Waals surface area contributed by atoms with Crippen molar-refractivity contribution in [2.75, 3.05) is 0 Å². The Morgan fingerprint density at radius 2 is 1.69 bits per heavy atom. The van der Waals surface area contributed by atoms with Crippen LogP contribution in [0.15, 0.2) is 35.1 Å². The van der Waals surface area contributed by atoms with E-state index in [0.717, 1.165) is 0 Å². The molecule has 1 heterocycles. The van der Waals surface area contributed by atoms with E-state index in [4.69, 9.17) is 23.2 Å². The van der Waals surface area contributed by atoms with Crippen LogP contribution >= 0.6 is 23.2 Å². The van der Waals surface area contributed by atoms with Gasteiger partial charge in [0.2, 0.25) is 11.5 Å². The van der Waals surface area contributed by atoms with Crippen LogP contribution in [0.2, 0.25) is 10.0 Å². The summed E-state index contributed by atoms with van der Waals surface area (Å²) in [7, 11) is 0. The summed E-state index contributed by atoms with van der Waals surface area (Å²) >= 11 is 11.6. The summed E-state index contributed by atoms with van der Waals surface area (Å²) in [5.41, 5.74) is 0.282. The van der Waals surface area contributed by atoms with E-state index in [-0.39, 0.29) is 5.56 Å². The van der Waals surface area contributed by atoms with Crippen molar-refractivity contribution in [2.24, 2.45) is 0 Å². The molecule has 0 amide bonds. The van der Waals surface area contributed by atoms with Gasteiger partial charge in [0, 0.05) is 21.7 Å². The topological polar surface area (TPSA) is 32.9 Å². The Morgan fingerprint density at radius 3 is 2.25 bits per heavy atom. The summed E-state index contributed by atoms with van der Waals surface area (Å²) in [5.74, 6) is -0.703. The summed E-state index contributed by atoms with van der Waals surface area (Å²) in [4.78, 5) is 12.9. The third-order valence-electron chi connectivity index (χ3n) is 2.04. The number of halogens is 3. The average molecular weight is 258 g/mol. The van der Waals surface area contributed by atoms with Crippen molar-refractivity contribution in [3.63, 3.8) is 0 Å². The molecule has 0 bridgehead atoms. The number of hydrogen-bond acceptors (Lipinski definition) is 1. The van der Waals surface area contributed by atoms with Crippen molar-refractivity contribution in [2.45, 2.75) is 0 Å². The number of hydrogen-bond donors (Lipinski definition) is 1. The molecule has 0 atom stereocenters. The molecule has 0 aliphatic carbocycles. The summed E-state index contributed by atoms with van der Waals surface area (Å²) in [5, 5.41) is 0.821. The number of aromatic nitrogens is 1. The molecule has 0 spiro atoms. The second kappa shape index (κ2) is 4.28. The van der Waals surface area contributed by atoms with Crippen molar-refractivity contribution in [3.8, 4) is 11.1 Å². The van der Waals surface area contributed by atoms with Crippen LogP contribution in [0, 0.1) is 5.95 Å². The minimum atomic E-state index is -0.703. The molecule has 2 aromatic rings. The number of pyridine rings is 1. The number of aromatic amines is 1. The molecular weight excluding hydrogens is 252 g/mol. The summed E-state index contributed by atoms with van der Waals surface area (Å²) < 4.78 is 13.5. The fraction of sp³-hybridized carbons (Fsp3) is 0. The average Bonchev–Trinajstić information content (AvgIpc) is 2.15. The van der Waals surface area contributed by atoms with Crippen molar-refractivity contribution in [1.29, 1.82) is 0 Å². The van der Waals surface area contributed by atoms with Gasteiger partial charge in [-0.05, 0) is 29.8 Å². The van der Waals surface area contributed by atoms with Gasteiger partial charge in [-0.1, -0.05) is 23.2 Å². The first-order valence-corrected chi connectivity index (χ1v) is 5.17. The third-order valence-corrected chi connectivity index (χ3v) is 2.48. The number of benzene rings is 1. The Hall–Kier alpha value is -1.32. The Kier molecular flexibility index (Phi) is 2.99. The fourth-order valence-corrected chi connectivity index (χ4v) is 1.91.